The van der Waals surface area contributed by atoms with Crippen LogP contribution >= 0.6 is 40.0 Å². The Morgan fingerprint density at radius 2 is 1.93 bits per heavy atom. The minimum absolute atomic E-state index is 0.00628. The summed E-state index contributed by atoms with van der Waals surface area (Å²) in [6.07, 6.45) is 9.01. The lowest BCUT2D eigenvalue weighted by Crippen LogP contribution is -2.67. The summed E-state index contributed by atoms with van der Waals surface area (Å²) in [5, 5.41) is 22.7. The number of carbonyl (C=O) groups is 1. The molecule has 1 aromatic carbocycles. The Kier molecular flexibility index (Phi) is 7.17. The molecule has 2 aliphatic heterocycles. The molecule has 1 unspecified atom stereocenters. The standard InChI is InChI=1S/C30H40ClIN7O2P/c1-19-10-23-22(13-33-39(23)42-32)25(26(19)31)24-20(2)38(21-11-29(12-21)15-36(16-29)18-40)34-27(24)37-9-8-35(14-28(3,4)41)17-30(37)6-5-7-30/h10,13,18,21,41-42H,5-9,11-12,14-17H2,1-4H3. The topological polar surface area (TPSA) is 82.7 Å². The van der Waals surface area contributed by atoms with E-state index in [0.29, 0.717) is 19.0 Å². The van der Waals surface area contributed by atoms with Crippen LogP contribution in [-0.2, 0) is 4.79 Å². The van der Waals surface area contributed by atoms with Crippen molar-refractivity contribution in [3.63, 3.8) is 0 Å². The number of carbonyl (C=O) groups excluding carboxylic acids is 1. The highest BCUT2D eigenvalue weighted by molar-refractivity contribution is 14.2. The van der Waals surface area contributed by atoms with Gasteiger partial charge in [0.05, 0.1) is 40.3 Å². The van der Waals surface area contributed by atoms with Crippen LogP contribution < -0.4 is 4.90 Å². The molecule has 4 heterocycles. The van der Waals surface area contributed by atoms with Gasteiger partial charge in [0, 0.05) is 66.9 Å². The van der Waals surface area contributed by atoms with Gasteiger partial charge in [0.15, 0.2) is 5.82 Å². The maximum atomic E-state index is 11.3. The molecule has 2 spiro atoms. The van der Waals surface area contributed by atoms with Crippen LogP contribution in [0.2, 0.25) is 5.02 Å². The largest absolute Gasteiger partial charge is 0.389 e. The Bertz CT molecular complexity index is 1550. The van der Waals surface area contributed by atoms with E-state index in [1.807, 2.05) is 24.9 Å². The predicted molar refractivity (Wildman–Crippen MR) is 178 cm³/mol. The molecule has 0 radical (unpaired) electrons. The number of aryl methyl sites for hydroxylation is 1. The van der Waals surface area contributed by atoms with E-state index < -0.39 is 5.60 Å². The maximum absolute atomic E-state index is 11.3. The summed E-state index contributed by atoms with van der Waals surface area (Å²) < 4.78 is 4.35. The van der Waals surface area contributed by atoms with E-state index in [1.165, 1.54) is 6.42 Å². The van der Waals surface area contributed by atoms with Gasteiger partial charge in [0.25, 0.3) is 0 Å². The normalized spacial score (nSPS) is 22.4. The van der Waals surface area contributed by atoms with E-state index in [2.05, 4.69) is 60.9 Å². The smallest absolute Gasteiger partial charge is 0.209 e. The number of fused-ring (bicyclic) bond motifs is 1. The molecule has 2 saturated heterocycles. The van der Waals surface area contributed by atoms with Gasteiger partial charge < -0.3 is 14.9 Å². The van der Waals surface area contributed by atoms with Crippen molar-refractivity contribution in [2.75, 3.05) is 44.2 Å². The van der Waals surface area contributed by atoms with Gasteiger partial charge in [0.1, 0.15) is 0 Å². The maximum Gasteiger partial charge on any atom is 0.209 e. The van der Waals surface area contributed by atoms with E-state index in [4.69, 9.17) is 21.8 Å². The van der Waals surface area contributed by atoms with Crippen LogP contribution in [0.3, 0.4) is 0 Å². The monoisotopic (exact) mass is 723 g/mol. The van der Waals surface area contributed by atoms with Crippen molar-refractivity contribution in [1.29, 1.82) is 0 Å². The summed E-state index contributed by atoms with van der Waals surface area (Å²) in [7, 11) is 0. The number of anilines is 1. The molecule has 3 aromatic rings. The minimum atomic E-state index is -0.724. The highest BCUT2D eigenvalue weighted by atomic mass is 127. The number of hydrogen-bond acceptors (Lipinski definition) is 6. The number of amides is 1. The fourth-order valence-electron chi connectivity index (χ4n) is 8.27. The Balaban J connectivity index is 1.34. The zero-order valence-electron chi connectivity index (χ0n) is 24.8. The van der Waals surface area contributed by atoms with Gasteiger partial charge in [-0.1, -0.05) is 11.6 Å². The Hall–Kier alpha value is -1.46. The van der Waals surface area contributed by atoms with Crippen molar-refractivity contribution in [2.45, 2.75) is 77.0 Å². The number of benzene rings is 1. The van der Waals surface area contributed by atoms with Crippen molar-refractivity contribution in [1.82, 2.24) is 29.1 Å². The van der Waals surface area contributed by atoms with Crippen LogP contribution in [-0.4, -0.2) is 91.1 Å². The third kappa shape index (κ3) is 4.61. The Morgan fingerprint density at radius 1 is 1.19 bits per heavy atom. The Morgan fingerprint density at radius 3 is 2.55 bits per heavy atom. The fraction of sp³-hybridized carbons (Fsp3) is 0.633. The van der Waals surface area contributed by atoms with Crippen molar-refractivity contribution >= 4 is 63.1 Å². The lowest BCUT2D eigenvalue weighted by Gasteiger charge is -2.58. The third-order valence-corrected chi connectivity index (χ3v) is 12.6. The van der Waals surface area contributed by atoms with Gasteiger partial charge in [-0.25, -0.2) is 4.45 Å². The molecule has 1 N–H and O–H groups in total. The summed E-state index contributed by atoms with van der Waals surface area (Å²) in [6.45, 7) is 13.2. The molecule has 4 fully saturated rings. The van der Waals surface area contributed by atoms with Gasteiger partial charge in [-0.15, -0.1) is 0 Å². The Labute approximate surface area is 267 Å². The zero-order valence-corrected chi connectivity index (χ0v) is 28.7. The second kappa shape index (κ2) is 10.3. The van der Waals surface area contributed by atoms with Crippen molar-refractivity contribution < 1.29 is 9.90 Å². The molecule has 7 rings (SSSR count). The number of aromatic nitrogens is 4. The van der Waals surface area contributed by atoms with Gasteiger partial charge in [-0.05, 0) is 93.5 Å². The number of piperazine rings is 1. The van der Waals surface area contributed by atoms with Crippen LogP contribution in [0.25, 0.3) is 22.0 Å². The zero-order chi connectivity index (χ0) is 29.6. The minimum Gasteiger partial charge on any atom is -0.389 e. The van der Waals surface area contributed by atoms with Gasteiger partial charge in [-0.3, -0.25) is 14.4 Å². The highest BCUT2D eigenvalue weighted by Gasteiger charge is 2.54. The second-order valence-corrected chi connectivity index (χ2v) is 16.4. The number of halogens is 2. The van der Waals surface area contributed by atoms with Crippen LogP contribution in [0.5, 0.6) is 0 Å². The summed E-state index contributed by atoms with van der Waals surface area (Å²) in [6, 6.07) is 2.48. The van der Waals surface area contributed by atoms with Crippen LogP contribution in [0, 0.1) is 19.3 Å². The number of hydrogen-bond donors (Lipinski definition) is 1. The fourth-order valence-corrected chi connectivity index (χ4v) is 10.1. The number of nitrogens with zero attached hydrogens (tertiary/aromatic N) is 7. The summed E-state index contributed by atoms with van der Waals surface area (Å²) >= 11 is 9.62. The average Bonchev–Trinajstić information content (AvgIpc) is 3.42. The molecule has 0 bridgehead atoms. The molecule has 2 saturated carbocycles. The van der Waals surface area contributed by atoms with E-state index in [-0.39, 0.29) is 11.0 Å². The predicted octanol–water partition coefficient (Wildman–Crippen LogP) is 5.57. The molecule has 4 aliphatic rings. The van der Waals surface area contributed by atoms with Gasteiger partial charge in [0.2, 0.25) is 6.41 Å². The first-order chi connectivity index (χ1) is 20.0. The first kappa shape index (κ1) is 29.3. The van der Waals surface area contributed by atoms with Crippen LogP contribution in [0.15, 0.2) is 12.3 Å². The molecule has 1 atom stereocenters. The van der Waals surface area contributed by atoms with E-state index in [1.54, 1.807) is 0 Å². The van der Waals surface area contributed by atoms with Crippen molar-refractivity contribution in [3.8, 4) is 11.1 Å². The SMILES string of the molecule is Cc1cc2c(cnn2PI)c(-c2c(N3CCN(CC(C)(C)O)CC34CCC4)nn(C3CC4(C3)CN(C=O)C4)c2C)c1Cl. The molecule has 226 valence electrons. The second-order valence-electron chi connectivity index (χ2n) is 14.0. The van der Waals surface area contributed by atoms with E-state index in [0.717, 1.165) is 109 Å². The molecule has 9 nitrogen and oxygen atoms in total. The first-order valence-electron chi connectivity index (χ1n) is 15.0. The van der Waals surface area contributed by atoms with E-state index >= 15 is 0 Å². The number of β-amino-alcohol motifs (C(OH)–C–C–N with tert-alkyl or cyclic N) is 1. The average molecular weight is 724 g/mol. The van der Waals surface area contributed by atoms with Gasteiger partial charge >= 0.3 is 0 Å². The molecule has 1 amide bonds. The summed E-state index contributed by atoms with van der Waals surface area (Å²) in [4.78, 5) is 18.2. The van der Waals surface area contributed by atoms with Crippen molar-refractivity contribution in [3.05, 3.63) is 28.5 Å². The molecule has 2 aliphatic carbocycles. The molecular formula is C30H40ClIN7O2P. The highest BCUT2D eigenvalue weighted by Crippen LogP contribution is 2.56. The number of rotatable bonds is 7. The molecule has 42 heavy (non-hydrogen) atoms. The first-order valence-corrected chi connectivity index (χ1v) is 19.5. The third-order valence-electron chi connectivity index (χ3n) is 10.2. The number of likely N-dealkylation sites (tertiary alicyclic amines) is 1. The van der Waals surface area contributed by atoms with Gasteiger partial charge in [-0.2, -0.15) is 10.2 Å². The molecule has 12 heteroatoms. The van der Waals surface area contributed by atoms with E-state index in [9.17, 15) is 9.90 Å². The van der Waals surface area contributed by atoms with Crippen LogP contribution in [0.1, 0.15) is 63.3 Å². The lowest BCUT2D eigenvalue weighted by atomic mass is 9.61. The summed E-state index contributed by atoms with van der Waals surface area (Å²) in [5.74, 6) is 1.04. The summed E-state index contributed by atoms with van der Waals surface area (Å²) in [5.41, 5.74) is 5.03. The molecule has 2 aromatic heterocycles. The van der Waals surface area contributed by atoms with Crippen molar-refractivity contribution in [2.24, 2.45) is 5.41 Å². The number of aliphatic hydroxyl groups is 1. The molecular weight excluding hydrogens is 684 g/mol. The quantitative estimate of drug-likeness (QED) is 0.195. The van der Waals surface area contributed by atoms with Crippen LogP contribution in [0.4, 0.5) is 5.82 Å². The lowest BCUT2D eigenvalue weighted by molar-refractivity contribution is -0.140.